The van der Waals surface area contributed by atoms with Gasteiger partial charge in [-0.15, -0.1) is 0 Å². The van der Waals surface area contributed by atoms with E-state index < -0.39 is 0 Å². The van der Waals surface area contributed by atoms with Gasteiger partial charge in [0, 0.05) is 37.6 Å². The van der Waals surface area contributed by atoms with Crippen molar-refractivity contribution < 1.29 is 4.74 Å². The first-order valence-electron chi connectivity index (χ1n) is 6.21. The van der Waals surface area contributed by atoms with Crippen LogP contribution in [0.2, 0.25) is 5.02 Å². The molecule has 2 unspecified atom stereocenters. The highest BCUT2D eigenvalue weighted by atomic mass is 79.9. The highest BCUT2D eigenvalue weighted by Crippen LogP contribution is 2.42. The van der Waals surface area contributed by atoms with Crippen molar-refractivity contribution in [2.24, 2.45) is 5.73 Å². The van der Waals surface area contributed by atoms with E-state index in [1.54, 1.807) is 0 Å². The number of rotatable bonds is 1. The molecular formula is C15H12Br2ClNO. The SMILES string of the molecule is NC1CC(c2cc(Cl)ccc2Br)Oc2ccc(Br)cc21. The van der Waals surface area contributed by atoms with Gasteiger partial charge in [0.1, 0.15) is 11.9 Å². The van der Waals surface area contributed by atoms with Crippen molar-refractivity contribution in [3.63, 3.8) is 0 Å². The summed E-state index contributed by atoms with van der Waals surface area (Å²) in [6.45, 7) is 0. The van der Waals surface area contributed by atoms with Crippen LogP contribution in [0.4, 0.5) is 0 Å². The summed E-state index contributed by atoms with van der Waals surface area (Å²) in [5, 5.41) is 0.696. The van der Waals surface area contributed by atoms with Crippen molar-refractivity contribution in [1.29, 1.82) is 0 Å². The number of benzene rings is 2. The van der Waals surface area contributed by atoms with Crippen LogP contribution in [0.1, 0.15) is 29.7 Å². The molecule has 0 fully saturated rings. The summed E-state index contributed by atoms with van der Waals surface area (Å²) in [5.74, 6) is 0.837. The lowest BCUT2D eigenvalue weighted by Crippen LogP contribution is -2.24. The Morgan fingerprint density at radius 2 is 1.90 bits per heavy atom. The maximum absolute atomic E-state index is 6.28. The molecule has 0 spiro atoms. The Balaban J connectivity index is 1.99. The van der Waals surface area contributed by atoms with Crippen LogP contribution < -0.4 is 10.5 Å². The molecule has 2 aromatic carbocycles. The summed E-state index contributed by atoms with van der Waals surface area (Å²) in [7, 11) is 0. The molecule has 104 valence electrons. The van der Waals surface area contributed by atoms with Crippen molar-refractivity contribution in [2.45, 2.75) is 18.6 Å². The topological polar surface area (TPSA) is 35.2 Å². The molecule has 3 rings (SSSR count). The number of halogens is 3. The fraction of sp³-hybridized carbons (Fsp3) is 0.200. The zero-order valence-corrected chi connectivity index (χ0v) is 14.4. The number of ether oxygens (including phenoxy) is 1. The molecule has 0 bridgehead atoms. The van der Waals surface area contributed by atoms with Crippen molar-refractivity contribution in [3.8, 4) is 5.75 Å². The molecule has 2 nitrogen and oxygen atoms in total. The van der Waals surface area contributed by atoms with Gasteiger partial charge >= 0.3 is 0 Å². The summed E-state index contributed by atoms with van der Waals surface area (Å²) in [4.78, 5) is 0. The molecule has 0 saturated heterocycles. The van der Waals surface area contributed by atoms with Gasteiger partial charge in [-0.3, -0.25) is 0 Å². The van der Waals surface area contributed by atoms with E-state index in [-0.39, 0.29) is 12.1 Å². The van der Waals surface area contributed by atoms with Gasteiger partial charge < -0.3 is 10.5 Å². The van der Waals surface area contributed by atoms with Crippen LogP contribution in [0.25, 0.3) is 0 Å². The standard InChI is InChI=1S/C15H12Br2ClNO/c16-8-1-4-14-11(5-8)13(19)7-15(20-14)10-6-9(18)2-3-12(10)17/h1-6,13,15H,7,19H2. The van der Waals surface area contributed by atoms with Crippen LogP contribution in [-0.4, -0.2) is 0 Å². The zero-order valence-electron chi connectivity index (χ0n) is 10.4. The third kappa shape index (κ3) is 2.75. The summed E-state index contributed by atoms with van der Waals surface area (Å²) < 4.78 is 8.09. The van der Waals surface area contributed by atoms with Gasteiger partial charge in [0.05, 0.1) is 0 Å². The van der Waals surface area contributed by atoms with E-state index in [1.807, 2.05) is 36.4 Å². The van der Waals surface area contributed by atoms with Crippen molar-refractivity contribution in [3.05, 3.63) is 61.5 Å². The van der Waals surface area contributed by atoms with Gasteiger partial charge in [-0.2, -0.15) is 0 Å². The maximum atomic E-state index is 6.28. The molecule has 20 heavy (non-hydrogen) atoms. The van der Waals surface area contributed by atoms with Gasteiger partial charge in [-0.1, -0.05) is 43.5 Å². The largest absolute Gasteiger partial charge is 0.485 e. The van der Waals surface area contributed by atoms with Crippen LogP contribution in [0.3, 0.4) is 0 Å². The van der Waals surface area contributed by atoms with Gasteiger partial charge in [0.25, 0.3) is 0 Å². The highest BCUT2D eigenvalue weighted by molar-refractivity contribution is 9.10. The first-order valence-corrected chi connectivity index (χ1v) is 8.17. The lowest BCUT2D eigenvalue weighted by atomic mass is 9.94. The Morgan fingerprint density at radius 3 is 2.70 bits per heavy atom. The molecule has 0 amide bonds. The predicted octanol–water partition coefficient (Wildman–Crippen LogP) is 5.39. The van der Waals surface area contributed by atoms with Crippen LogP contribution >= 0.6 is 43.5 Å². The number of hydrogen-bond acceptors (Lipinski definition) is 2. The van der Waals surface area contributed by atoms with Gasteiger partial charge in [-0.05, 0) is 36.4 Å². The first-order chi connectivity index (χ1) is 9.54. The lowest BCUT2D eigenvalue weighted by Gasteiger charge is -2.31. The van der Waals surface area contributed by atoms with Crippen molar-refractivity contribution in [2.75, 3.05) is 0 Å². The smallest absolute Gasteiger partial charge is 0.127 e. The van der Waals surface area contributed by atoms with E-state index >= 15 is 0 Å². The first kappa shape index (κ1) is 14.4. The summed E-state index contributed by atoms with van der Waals surface area (Å²) in [6, 6.07) is 11.6. The van der Waals surface area contributed by atoms with Gasteiger partial charge in [0.15, 0.2) is 0 Å². The van der Waals surface area contributed by atoms with Crippen molar-refractivity contribution in [1.82, 2.24) is 0 Å². The molecule has 1 aliphatic heterocycles. The number of nitrogens with two attached hydrogens (primary N) is 1. The van der Waals surface area contributed by atoms with Gasteiger partial charge in [-0.25, -0.2) is 0 Å². The summed E-state index contributed by atoms with van der Waals surface area (Å²) in [6.07, 6.45) is 0.634. The second-order valence-electron chi connectivity index (χ2n) is 4.80. The Bertz CT molecular complexity index is 662. The number of fused-ring (bicyclic) bond motifs is 1. The zero-order chi connectivity index (χ0) is 14.3. The molecule has 0 aliphatic carbocycles. The number of hydrogen-bond donors (Lipinski definition) is 1. The third-order valence-electron chi connectivity index (χ3n) is 3.41. The highest BCUT2D eigenvalue weighted by Gasteiger charge is 2.28. The molecule has 1 heterocycles. The Morgan fingerprint density at radius 1 is 1.10 bits per heavy atom. The molecule has 1 aliphatic rings. The normalized spacial score (nSPS) is 21.2. The quantitative estimate of drug-likeness (QED) is 0.675. The molecular weight excluding hydrogens is 405 g/mol. The average Bonchev–Trinajstić information content (AvgIpc) is 2.42. The minimum atomic E-state index is -0.0910. The molecule has 0 radical (unpaired) electrons. The molecule has 2 N–H and O–H groups in total. The van der Waals surface area contributed by atoms with Crippen LogP contribution in [-0.2, 0) is 0 Å². The van der Waals surface area contributed by atoms with E-state index in [4.69, 9.17) is 22.1 Å². The minimum absolute atomic E-state index is 0.0490. The Labute approximate surface area is 139 Å². The van der Waals surface area contributed by atoms with E-state index in [0.29, 0.717) is 5.02 Å². The lowest BCUT2D eigenvalue weighted by molar-refractivity contribution is 0.161. The Hall–Kier alpha value is -0.550. The predicted molar refractivity (Wildman–Crippen MR) is 88.2 cm³/mol. The van der Waals surface area contributed by atoms with Crippen LogP contribution in [0, 0.1) is 0 Å². The van der Waals surface area contributed by atoms with Crippen LogP contribution in [0.5, 0.6) is 5.75 Å². The molecule has 2 atom stereocenters. The van der Waals surface area contributed by atoms with E-state index in [2.05, 4.69) is 31.9 Å². The third-order valence-corrected chi connectivity index (χ3v) is 4.86. The second-order valence-corrected chi connectivity index (χ2v) is 7.00. The maximum Gasteiger partial charge on any atom is 0.127 e. The molecule has 2 aromatic rings. The molecule has 5 heteroatoms. The summed E-state index contributed by atoms with van der Waals surface area (Å²) in [5.41, 5.74) is 8.35. The average molecular weight is 418 g/mol. The van der Waals surface area contributed by atoms with E-state index in [9.17, 15) is 0 Å². The molecule has 0 saturated carbocycles. The van der Waals surface area contributed by atoms with Gasteiger partial charge in [0.2, 0.25) is 0 Å². The van der Waals surface area contributed by atoms with Crippen LogP contribution in [0.15, 0.2) is 45.3 Å². The monoisotopic (exact) mass is 415 g/mol. The van der Waals surface area contributed by atoms with E-state index in [0.717, 1.165) is 32.2 Å². The fourth-order valence-corrected chi connectivity index (χ4v) is 3.49. The minimum Gasteiger partial charge on any atom is -0.485 e. The fourth-order valence-electron chi connectivity index (χ4n) is 2.43. The van der Waals surface area contributed by atoms with Crippen molar-refractivity contribution >= 4 is 43.5 Å². The Kier molecular flexibility index (Phi) is 4.09. The molecule has 0 aromatic heterocycles. The second kappa shape index (κ2) is 5.68. The summed E-state index contributed by atoms with van der Waals surface area (Å²) >= 11 is 13.1. The van der Waals surface area contributed by atoms with E-state index in [1.165, 1.54) is 0 Å².